The highest BCUT2D eigenvalue weighted by molar-refractivity contribution is 7.85. The SMILES string of the molecule is C.COC(=O)c1ccnc(COS(C)(=O)=O)c1.COC(=O)c1ccnc(Cn2cc3cc(Cl)cnc3n2)c1.Cc1cc(N)nc(C)c1CNC(=O)c1ccnc(Cn2cc3cc(Cl)cnc3n2)c1.Clc1cnc2[nH]ncc2c1. The highest BCUT2D eigenvalue weighted by Crippen LogP contribution is 2.19. The molecule has 4 N–H and O–H groups in total. The number of aromatic nitrogens is 13. The summed E-state index contributed by atoms with van der Waals surface area (Å²) < 4.78 is 38.6. The van der Waals surface area contributed by atoms with Crippen molar-refractivity contribution >= 4 is 102 Å². The van der Waals surface area contributed by atoms with Gasteiger partial charge in [0, 0.05) is 83.5 Å². The third kappa shape index (κ3) is 16.7. The average molecular weight is 1140 g/mol. The van der Waals surface area contributed by atoms with Crippen molar-refractivity contribution in [1.29, 1.82) is 0 Å². The third-order valence-corrected chi connectivity index (χ3v) is 11.8. The van der Waals surface area contributed by atoms with E-state index in [1.54, 1.807) is 89.0 Å². The molecule has 0 radical (unpaired) electrons. The Labute approximate surface area is 461 Å². The third-order valence-electron chi connectivity index (χ3n) is 10.6. The molecule has 27 heteroatoms. The second-order valence-corrected chi connectivity index (χ2v) is 19.4. The number of nitrogens with one attached hydrogen (secondary N) is 2. The molecular weight excluding hydrogens is 1090 g/mol. The fourth-order valence-electron chi connectivity index (χ4n) is 7.09. The number of rotatable bonds is 12. The number of methoxy groups -OCH3 is 2. The van der Waals surface area contributed by atoms with Crippen LogP contribution in [0.2, 0.25) is 15.1 Å². The minimum Gasteiger partial charge on any atom is -0.465 e. The Morgan fingerprint density at radius 3 is 1.68 bits per heavy atom. The number of hydrogen-bond donors (Lipinski definition) is 3. The van der Waals surface area contributed by atoms with Gasteiger partial charge in [-0.2, -0.15) is 23.7 Å². The molecule has 0 aliphatic carbocycles. The van der Waals surface area contributed by atoms with Crippen LogP contribution in [0, 0.1) is 13.8 Å². The fourth-order valence-corrected chi connectivity index (χ4v) is 7.92. The zero-order chi connectivity index (χ0) is 55.2. The summed E-state index contributed by atoms with van der Waals surface area (Å²) in [6, 6.07) is 16.8. The van der Waals surface area contributed by atoms with E-state index in [2.05, 4.69) is 74.3 Å². The lowest BCUT2D eigenvalue weighted by molar-refractivity contribution is 0.0591. The molecule has 10 aromatic rings. The van der Waals surface area contributed by atoms with Gasteiger partial charge in [0.05, 0.1) is 83.0 Å². The summed E-state index contributed by atoms with van der Waals surface area (Å²) >= 11 is 17.5. The molecule has 78 heavy (non-hydrogen) atoms. The van der Waals surface area contributed by atoms with Crippen LogP contribution in [0.15, 0.2) is 116 Å². The molecule has 1 amide bonds. The molecule has 0 saturated heterocycles. The summed E-state index contributed by atoms with van der Waals surface area (Å²) in [4.78, 5) is 64.3. The number of halogens is 3. The van der Waals surface area contributed by atoms with Gasteiger partial charge in [0.1, 0.15) is 12.4 Å². The Kier molecular flexibility index (Phi) is 20.3. The van der Waals surface area contributed by atoms with Gasteiger partial charge in [-0.3, -0.25) is 38.4 Å². The van der Waals surface area contributed by atoms with E-state index in [9.17, 15) is 22.8 Å². The number of amides is 1. The van der Waals surface area contributed by atoms with Gasteiger partial charge in [0.2, 0.25) is 0 Å². The van der Waals surface area contributed by atoms with Crippen LogP contribution in [0.3, 0.4) is 0 Å². The van der Waals surface area contributed by atoms with Crippen molar-refractivity contribution in [2.75, 3.05) is 26.2 Å². The number of nitrogens with two attached hydrogens (primary N) is 1. The molecule has 10 heterocycles. The van der Waals surface area contributed by atoms with Gasteiger partial charge in [-0.25, -0.2) is 29.5 Å². The fraction of sp³-hybridized carbons (Fsp3) is 0.196. The minimum atomic E-state index is -3.52. The van der Waals surface area contributed by atoms with E-state index in [1.165, 1.54) is 32.5 Å². The van der Waals surface area contributed by atoms with Crippen LogP contribution >= 0.6 is 34.8 Å². The van der Waals surface area contributed by atoms with E-state index in [0.29, 0.717) is 85.6 Å². The van der Waals surface area contributed by atoms with Gasteiger partial charge in [-0.05, 0) is 85.6 Å². The Morgan fingerprint density at radius 2 is 1.15 bits per heavy atom. The van der Waals surface area contributed by atoms with Crippen molar-refractivity contribution < 1.29 is 36.5 Å². The van der Waals surface area contributed by atoms with Gasteiger partial charge in [0.25, 0.3) is 16.0 Å². The smallest absolute Gasteiger partial charge is 0.337 e. The molecule has 10 rings (SSSR count). The maximum absolute atomic E-state index is 12.7. The van der Waals surface area contributed by atoms with Crippen molar-refractivity contribution in [2.24, 2.45) is 0 Å². The minimum absolute atomic E-state index is 0. The lowest BCUT2D eigenvalue weighted by Gasteiger charge is -2.12. The summed E-state index contributed by atoms with van der Waals surface area (Å²) in [6.07, 6.45) is 15.6. The van der Waals surface area contributed by atoms with E-state index < -0.39 is 22.1 Å². The Morgan fingerprint density at radius 1 is 0.667 bits per heavy atom. The monoisotopic (exact) mass is 1140 g/mol. The number of fused-ring (bicyclic) bond motifs is 3. The second kappa shape index (κ2) is 27.0. The van der Waals surface area contributed by atoms with E-state index in [4.69, 9.17) is 40.5 Å². The van der Waals surface area contributed by atoms with Crippen LogP contribution in [0.4, 0.5) is 5.82 Å². The first-order chi connectivity index (χ1) is 36.8. The zero-order valence-electron chi connectivity index (χ0n) is 41.6. The predicted octanol–water partition coefficient (Wildman–Crippen LogP) is 7.96. The van der Waals surface area contributed by atoms with Gasteiger partial charge >= 0.3 is 11.9 Å². The highest BCUT2D eigenvalue weighted by atomic mass is 35.5. The molecule has 0 unspecified atom stereocenters. The highest BCUT2D eigenvalue weighted by Gasteiger charge is 2.14. The average Bonchev–Trinajstić information content (AvgIpc) is 4.17. The van der Waals surface area contributed by atoms with Gasteiger partial charge < -0.3 is 20.5 Å². The van der Waals surface area contributed by atoms with Crippen molar-refractivity contribution in [3.05, 3.63) is 182 Å². The molecule has 0 saturated carbocycles. The van der Waals surface area contributed by atoms with E-state index in [1.807, 2.05) is 32.3 Å². The van der Waals surface area contributed by atoms with Crippen molar-refractivity contribution in [1.82, 2.24) is 70.0 Å². The number of aromatic amines is 1. The van der Waals surface area contributed by atoms with Gasteiger partial charge in [-0.1, -0.05) is 42.2 Å². The summed E-state index contributed by atoms with van der Waals surface area (Å²) in [5, 5.41) is 22.6. The van der Waals surface area contributed by atoms with Crippen molar-refractivity contribution in [2.45, 2.75) is 47.5 Å². The predicted molar refractivity (Wildman–Crippen MR) is 293 cm³/mol. The molecular formula is C51H50Cl3N15O8S. The first-order valence-corrected chi connectivity index (χ1v) is 25.6. The van der Waals surface area contributed by atoms with Gasteiger partial charge in [0.15, 0.2) is 16.9 Å². The molecule has 0 atom stereocenters. The van der Waals surface area contributed by atoms with E-state index in [-0.39, 0.29) is 19.9 Å². The largest absolute Gasteiger partial charge is 0.465 e. The number of H-pyrrole nitrogens is 1. The zero-order valence-corrected chi connectivity index (χ0v) is 44.6. The normalized spacial score (nSPS) is 10.8. The van der Waals surface area contributed by atoms with E-state index >= 15 is 0 Å². The maximum Gasteiger partial charge on any atom is 0.337 e. The maximum atomic E-state index is 12.7. The summed E-state index contributed by atoms with van der Waals surface area (Å²) in [6.45, 7) is 4.84. The first kappa shape index (κ1) is 58.7. The van der Waals surface area contributed by atoms with E-state index in [0.717, 1.165) is 44.9 Å². The topological polar surface area (TPSA) is 306 Å². The van der Waals surface area contributed by atoms with Crippen LogP contribution in [-0.4, -0.2) is 111 Å². The lowest BCUT2D eigenvalue weighted by atomic mass is 10.1. The van der Waals surface area contributed by atoms with Crippen LogP contribution in [0.5, 0.6) is 0 Å². The number of hydrogen-bond acceptors (Lipinski definition) is 19. The summed E-state index contributed by atoms with van der Waals surface area (Å²) in [5.41, 5.74) is 13.6. The number of carbonyl (C=O) groups excluding carboxylic acids is 3. The number of nitrogen functional groups attached to an aromatic ring is 1. The summed E-state index contributed by atoms with van der Waals surface area (Å²) in [5.74, 6) is -0.614. The number of ether oxygens (including phenoxy) is 2. The number of anilines is 1. The Bertz CT molecular complexity index is 3830. The molecule has 0 bridgehead atoms. The lowest BCUT2D eigenvalue weighted by Crippen LogP contribution is -2.24. The second-order valence-electron chi connectivity index (χ2n) is 16.4. The molecule has 0 spiro atoms. The molecule has 0 aromatic carbocycles. The number of esters is 2. The molecule has 10 aromatic heterocycles. The number of nitrogens with zero attached hydrogens (tertiary/aromatic N) is 12. The number of carbonyl (C=O) groups is 3. The number of pyridine rings is 7. The molecule has 0 fully saturated rings. The Hall–Kier alpha value is -8.55. The van der Waals surface area contributed by atoms with Crippen LogP contribution in [-0.2, 0) is 50.0 Å². The Balaban J connectivity index is 0.000000179. The van der Waals surface area contributed by atoms with Crippen LogP contribution in [0.25, 0.3) is 33.1 Å². The van der Waals surface area contributed by atoms with Crippen LogP contribution < -0.4 is 11.1 Å². The standard InChI is InChI=1S/C21H20ClN7O.C14H11ClN4O2.C9H11NO5S.C6H4ClN3.CH4/c1-12-5-19(23)27-13(2)18(12)9-26-21(30)14-3-4-24-17(7-14)11-29-10-15-6-16(22)8-25-20(15)28-29;1-21-14(20)9-2-3-16-12(5-9)8-19-7-10-4-11(15)6-17-13(10)18-19;1-14-9(11)7-3-4-10-8(5-7)6-15-16(2,12)13;7-5-1-4-2-9-10-6(4)8-3-5;/h3-8,10H,9,11H2,1-2H3,(H2,23,27)(H,26,30);2-7H,8H2,1H3;3-5H,6H2,1-2H3;1-3H,(H,8,9,10);1H4. The van der Waals surface area contributed by atoms with Crippen molar-refractivity contribution in [3.8, 4) is 0 Å². The molecule has 23 nitrogen and oxygen atoms in total. The first-order valence-electron chi connectivity index (χ1n) is 22.6. The molecule has 404 valence electrons. The molecule has 0 aliphatic heterocycles. The quantitative estimate of drug-likeness (QED) is 0.0771. The van der Waals surface area contributed by atoms with Crippen LogP contribution in [0.1, 0.15) is 72.4 Å². The number of aryl methyl sites for hydroxylation is 2. The summed E-state index contributed by atoms with van der Waals surface area (Å²) in [7, 11) is -0.912. The van der Waals surface area contributed by atoms with Gasteiger partial charge in [-0.15, -0.1) is 0 Å². The molecule has 0 aliphatic rings. The van der Waals surface area contributed by atoms with Crippen molar-refractivity contribution in [3.63, 3.8) is 0 Å².